The van der Waals surface area contributed by atoms with E-state index < -0.39 is 0 Å². The lowest BCUT2D eigenvalue weighted by atomic mass is 9.44. The Hall–Kier alpha value is -0.450. The molecule has 9 unspecified atom stereocenters. The summed E-state index contributed by atoms with van der Waals surface area (Å²) in [6.45, 7) is 10.4. The van der Waals surface area contributed by atoms with Gasteiger partial charge in [-0.3, -0.25) is 4.79 Å². The van der Waals surface area contributed by atoms with Gasteiger partial charge in [0.15, 0.2) is 5.79 Å². The number of hydrogen-bond acceptors (Lipinski definition) is 4. The summed E-state index contributed by atoms with van der Waals surface area (Å²) in [4.78, 5) is 13.3. The molecule has 4 saturated carbocycles. The van der Waals surface area contributed by atoms with Crippen molar-refractivity contribution in [2.24, 2.45) is 52.3 Å². The monoisotopic (exact) mass is 430 g/mol. The molecule has 174 valence electrons. The van der Waals surface area contributed by atoms with Gasteiger partial charge in [-0.1, -0.05) is 27.7 Å². The number of Topliss-reactive ketones (excluding diaryl/α,β-unsaturated/α-hetero) is 1. The Labute approximate surface area is 187 Å². The van der Waals surface area contributed by atoms with Crippen LogP contribution in [0, 0.1) is 52.3 Å². The van der Waals surface area contributed by atoms with Gasteiger partial charge in [-0.05, 0) is 85.4 Å². The summed E-state index contributed by atoms with van der Waals surface area (Å²) < 4.78 is 13.3. The Morgan fingerprint density at radius 3 is 2.48 bits per heavy atom. The molecule has 2 saturated heterocycles. The van der Waals surface area contributed by atoms with Crippen molar-refractivity contribution in [3.8, 4) is 0 Å². The SMILES string of the molecule is CC1CCC2(OC1)OC1CC3C4CC(=O)C5C[C@@H](O)CC[C@]5(C)C4CC[C@]3(C)C1C2C. The molecule has 6 aliphatic rings. The Morgan fingerprint density at radius 1 is 0.968 bits per heavy atom. The number of rotatable bonds is 0. The first kappa shape index (κ1) is 21.1. The lowest BCUT2D eigenvalue weighted by Gasteiger charge is -2.60. The fourth-order valence-corrected chi connectivity index (χ4v) is 10.0. The summed E-state index contributed by atoms with van der Waals surface area (Å²) >= 11 is 0. The van der Waals surface area contributed by atoms with E-state index in [-0.39, 0.29) is 28.6 Å². The molecule has 6 fully saturated rings. The van der Waals surface area contributed by atoms with E-state index in [0.29, 0.717) is 53.8 Å². The molecule has 4 aliphatic carbocycles. The Morgan fingerprint density at radius 2 is 1.74 bits per heavy atom. The average molecular weight is 431 g/mol. The predicted octanol–water partition coefficient (Wildman–Crippen LogP) is 4.97. The second-order valence-corrected chi connectivity index (χ2v) is 13.1. The highest BCUT2D eigenvalue weighted by Gasteiger charge is 2.69. The minimum Gasteiger partial charge on any atom is -0.393 e. The fourth-order valence-electron chi connectivity index (χ4n) is 10.0. The fraction of sp³-hybridized carbons (Fsp3) is 0.963. The molecule has 6 rings (SSSR count). The first-order valence-corrected chi connectivity index (χ1v) is 13.2. The lowest BCUT2D eigenvalue weighted by Crippen LogP contribution is -2.57. The Kier molecular flexibility index (Phi) is 4.62. The van der Waals surface area contributed by atoms with Crippen molar-refractivity contribution < 1.29 is 19.4 Å². The number of carbonyl (C=O) groups excluding carboxylic acids is 1. The normalized spacial score (nSPS) is 60.9. The number of hydrogen-bond donors (Lipinski definition) is 1. The molecule has 4 nitrogen and oxygen atoms in total. The van der Waals surface area contributed by atoms with E-state index in [4.69, 9.17) is 9.47 Å². The maximum absolute atomic E-state index is 13.3. The summed E-state index contributed by atoms with van der Waals surface area (Å²) in [5.41, 5.74) is 0.355. The number of aliphatic hydroxyl groups excluding tert-OH is 1. The summed E-state index contributed by atoms with van der Waals surface area (Å²) in [5.74, 6) is 3.53. The zero-order valence-electron chi connectivity index (χ0n) is 19.9. The highest BCUT2D eigenvalue weighted by atomic mass is 16.7. The van der Waals surface area contributed by atoms with Crippen molar-refractivity contribution >= 4 is 5.78 Å². The molecule has 12 atom stereocenters. The molecular formula is C27H42O4. The third-order valence-corrected chi connectivity index (χ3v) is 11.7. The maximum atomic E-state index is 13.3. The van der Waals surface area contributed by atoms with Crippen molar-refractivity contribution in [3.05, 3.63) is 0 Å². The highest BCUT2D eigenvalue weighted by molar-refractivity contribution is 5.83. The third kappa shape index (κ3) is 2.74. The van der Waals surface area contributed by atoms with Gasteiger partial charge in [0.25, 0.3) is 0 Å². The molecule has 4 heteroatoms. The van der Waals surface area contributed by atoms with Gasteiger partial charge in [-0.25, -0.2) is 0 Å². The molecule has 1 spiro atoms. The highest BCUT2D eigenvalue weighted by Crippen LogP contribution is 2.71. The van der Waals surface area contributed by atoms with Crippen molar-refractivity contribution in [1.82, 2.24) is 0 Å². The molecule has 0 radical (unpaired) electrons. The molecule has 0 amide bonds. The van der Waals surface area contributed by atoms with Gasteiger partial charge in [0.05, 0.1) is 18.8 Å². The van der Waals surface area contributed by atoms with Gasteiger partial charge in [0, 0.05) is 24.7 Å². The topological polar surface area (TPSA) is 55.8 Å². The van der Waals surface area contributed by atoms with Gasteiger partial charge in [-0.2, -0.15) is 0 Å². The first-order chi connectivity index (χ1) is 14.7. The van der Waals surface area contributed by atoms with Gasteiger partial charge in [-0.15, -0.1) is 0 Å². The number of fused-ring (bicyclic) bond motifs is 7. The minimum atomic E-state index is -0.356. The van der Waals surface area contributed by atoms with Crippen LogP contribution >= 0.6 is 0 Å². The number of ketones is 1. The van der Waals surface area contributed by atoms with Crippen LogP contribution in [-0.2, 0) is 14.3 Å². The standard InChI is InChI=1S/C27H42O4/c1-15-5-10-27(30-14-15)16(2)24-23(31-27)13-20-18-12-22(29)21-11-17(28)6-8-25(21,3)19(18)7-9-26(20,24)4/h15-21,23-24,28H,5-14H2,1-4H3/t15?,16?,17-,18?,19?,20?,21?,23?,24?,25+,26-,27?/m0/s1. The summed E-state index contributed by atoms with van der Waals surface area (Å²) in [5, 5.41) is 10.3. The Balaban J connectivity index is 1.28. The number of carbonyl (C=O) groups is 1. The summed E-state index contributed by atoms with van der Waals surface area (Å²) in [6, 6.07) is 0. The lowest BCUT2D eigenvalue weighted by molar-refractivity contribution is -0.273. The molecule has 2 heterocycles. The van der Waals surface area contributed by atoms with Crippen LogP contribution in [0.2, 0.25) is 0 Å². The molecule has 0 aromatic heterocycles. The van der Waals surface area contributed by atoms with E-state index in [0.717, 1.165) is 38.7 Å². The second-order valence-electron chi connectivity index (χ2n) is 13.1. The van der Waals surface area contributed by atoms with E-state index in [2.05, 4.69) is 27.7 Å². The van der Waals surface area contributed by atoms with Crippen molar-refractivity contribution in [2.45, 2.75) is 103 Å². The number of aliphatic hydroxyl groups is 1. The predicted molar refractivity (Wildman–Crippen MR) is 118 cm³/mol. The van der Waals surface area contributed by atoms with Crippen LogP contribution in [-0.4, -0.2) is 35.5 Å². The van der Waals surface area contributed by atoms with Gasteiger partial charge in [0.2, 0.25) is 0 Å². The van der Waals surface area contributed by atoms with Crippen LogP contribution in [0.3, 0.4) is 0 Å². The molecule has 0 aromatic rings. The zero-order chi connectivity index (χ0) is 21.8. The smallest absolute Gasteiger partial charge is 0.171 e. The average Bonchev–Trinajstić information content (AvgIpc) is 3.17. The van der Waals surface area contributed by atoms with E-state index in [1.54, 1.807) is 0 Å². The zero-order valence-corrected chi connectivity index (χ0v) is 19.9. The quantitative estimate of drug-likeness (QED) is 0.589. The number of ether oxygens (including phenoxy) is 2. The summed E-state index contributed by atoms with van der Waals surface area (Å²) in [6.07, 6.45) is 9.21. The molecule has 1 N–H and O–H groups in total. The van der Waals surface area contributed by atoms with Crippen LogP contribution in [0.25, 0.3) is 0 Å². The Bertz CT molecular complexity index is 756. The molecule has 31 heavy (non-hydrogen) atoms. The van der Waals surface area contributed by atoms with Crippen molar-refractivity contribution in [1.29, 1.82) is 0 Å². The third-order valence-electron chi connectivity index (χ3n) is 11.7. The first-order valence-electron chi connectivity index (χ1n) is 13.2. The van der Waals surface area contributed by atoms with Gasteiger partial charge >= 0.3 is 0 Å². The van der Waals surface area contributed by atoms with Crippen molar-refractivity contribution in [3.63, 3.8) is 0 Å². The molecule has 0 aromatic carbocycles. The van der Waals surface area contributed by atoms with E-state index >= 15 is 0 Å². The van der Waals surface area contributed by atoms with Crippen LogP contribution < -0.4 is 0 Å². The van der Waals surface area contributed by atoms with Crippen LogP contribution in [0.5, 0.6) is 0 Å². The van der Waals surface area contributed by atoms with Gasteiger partial charge < -0.3 is 14.6 Å². The van der Waals surface area contributed by atoms with Crippen LogP contribution in [0.15, 0.2) is 0 Å². The van der Waals surface area contributed by atoms with Gasteiger partial charge in [0.1, 0.15) is 5.78 Å². The van der Waals surface area contributed by atoms with Crippen molar-refractivity contribution in [2.75, 3.05) is 6.61 Å². The van der Waals surface area contributed by atoms with E-state index in [9.17, 15) is 9.90 Å². The molecule has 0 bridgehead atoms. The van der Waals surface area contributed by atoms with Crippen LogP contribution in [0.1, 0.15) is 85.5 Å². The second kappa shape index (κ2) is 6.79. The largest absolute Gasteiger partial charge is 0.393 e. The molecular weight excluding hydrogens is 388 g/mol. The maximum Gasteiger partial charge on any atom is 0.171 e. The van der Waals surface area contributed by atoms with E-state index in [1.165, 1.54) is 19.3 Å². The minimum absolute atomic E-state index is 0.0823. The van der Waals surface area contributed by atoms with Crippen LogP contribution in [0.4, 0.5) is 0 Å². The molecule has 2 aliphatic heterocycles. The summed E-state index contributed by atoms with van der Waals surface area (Å²) in [7, 11) is 0. The van der Waals surface area contributed by atoms with E-state index in [1.807, 2.05) is 0 Å².